The van der Waals surface area contributed by atoms with Gasteiger partial charge in [0, 0.05) is 26.3 Å². The fourth-order valence-corrected chi connectivity index (χ4v) is 2.68. The average Bonchev–Trinajstić information content (AvgIpc) is 3.02. The van der Waals surface area contributed by atoms with Crippen molar-refractivity contribution in [1.82, 2.24) is 19.6 Å². The van der Waals surface area contributed by atoms with Crippen LogP contribution in [0.25, 0.3) is 5.52 Å². The standard InChI is InChI=1S/C19H28N4O2/c1-4-6-9-12-20-18(24)16-15-11-8-10-14-23(15)17(21-16)19(25)22(3)13-7-5-2/h8,10-11,14H,4-7,9,12-13H2,1-3H3,(H,20,24). The number of amides is 2. The Labute approximate surface area is 149 Å². The van der Waals surface area contributed by atoms with Gasteiger partial charge in [-0.1, -0.05) is 39.2 Å². The zero-order valence-corrected chi connectivity index (χ0v) is 15.4. The van der Waals surface area contributed by atoms with Crippen molar-refractivity contribution in [2.24, 2.45) is 0 Å². The highest BCUT2D eigenvalue weighted by Crippen LogP contribution is 2.15. The van der Waals surface area contributed by atoms with Crippen molar-refractivity contribution in [3.05, 3.63) is 35.9 Å². The van der Waals surface area contributed by atoms with Crippen LogP contribution < -0.4 is 5.32 Å². The summed E-state index contributed by atoms with van der Waals surface area (Å²) < 4.78 is 1.70. The molecule has 25 heavy (non-hydrogen) atoms. The van der Waals surface area contributed by atoms with Crippen LogP contribution in [0.3, 0.4) is 0 Å². The van der Waals surface area contributed by atoms with Gasteiger partial charge in [-0.3, -0.25) is 14.0 Å². The van der Waals surface area contributed by atoms with Gasteiger partial charge >= 0.3 is 0 Å². The number of carbonyl (C=O) groups excluding carboxylic acids is 2. The smallest absolute Gasteiger partial charge is 0.289 e. The number of pyridine rings is 1. The molecule has 0 aliphatic heterocycles. The Hall–Kier alpha value is -2.37. The number of imidazole rings is 1. The number of nitrogens with zero attached hydrogens (tertiary/aromatic N) is 3. The van der Waals surface area contributed by atoms with Crippen LogP contribution in [-0.4, -0.2) is 46.2 Å². The van der Waals surface area contributed by atoms with Crippen LogP contribution in [0.4, 0.5) is 0 Å². The first-order chi connectivity index (χ1) is 12.1. The molecule has 2 rings (SSSR count). The second-order valence-electron chi connectivity index (χ2n) is 6.28. The summed E-state index contributed by atoms with van der Waals surface area (Å²) in [6, 6.07) is 5.50. The van der Waals surface area contributed by atoms with Gasteiger partial charge in [0.1, 0.15) is 0 Å². The topological polar surface area (TPSA) is 66.7 Å². The third-order valence-electron chi connectivity index (χ3n) is 4.21. The molecule has 0 saturated heterocycles. The molecule has 2 aromatic rings. The van der Waals surface area contributed by atoms with Gasteiger partial charge in [0.05, 0.1) is 5.52 Å². The molecule has 0 aliphatic carbocycles. The number of unbranched alkanes of at least 4 members (excludes halogenated alkanes) is 3. The van der Waals surface area contributed by atoms with E-state index in [1.54, 1.807) is 22.5 Å². The molecule has 0 aromatic carbocycles. The largest absolute Gasteiger partial charge is 0.351 e. The first-order valence-electron chi connectivity index (χ1n) is 9.10. The van der Waals surface area contributed by atoms with Crippen LogP contribution >= 0.6 is 0 Å². The van der Waals surface area contributed by atoms with E-state index in [4.69, 9.17) is 0 Å². The molecule has 6 heteroatoms. The molecule has 0 spiro atoms. The highest BCUT2D eigenvalue weighted by atomic mass is 16.2. The molecule has 0 saturated carbocycles. The molecule has 6 nitrogen and oxygen atoms in total. The van der Waals surface area contributed by atoms with Gasteiger partial charge in [0.15, 0.2) is 5.69 Å². The molecule has 0 atom stereocenters. The lowest BCUT2D eigenvalue weighted by Crippen LogP contribution is -2.29. The number of hydrogen-bond acceptors (Lipinski definition) is 3. The second kappa shape index (κ2) is 9.20. The molecule has 0 radical (unpaired) electrons. The van der Waals surface area contributed by atoms with Crippen LogP contribution in [-0.2, 0) is 0 Å². The van der Waals surface area contributed by atoms with E-state index in [2.05, 4.69) is 24.1 Å². The molecule has 1 N–H and O–H groups in total. The molecule has 0 unspecified atom stereocenters. The fourth-order valence-electron chi connectivity index (χ4n) is 2.68. The average molecular weight is 344 g/mol. The first kappa shape index (κ1) is 19.0. The van der Waals surface area contributed by atoms with E-state index in [1.807, 2.05) is 18.2 Å². The Morgan fingerprint density at radius 1 is 1.16 bits per heavy atom. The summed E-state index contributed by atoms with van der Waals surface area (Å²) in [6.45, 7) is 5.51. The van der Waals surface area contributed by atoms with Crippen molar-refractivity contribution >= 4 is 17.3 Å². The summed E-state index contributed by atoms with van der Waals surface area (Å²) in [5, 5.41) is 2.90. The van der Waals surface area contributed by atoms with Crippen molar-refractivity contribution in [3.8, 4) is 0 Å². The minimum absolute atomic E-state index is 0.167. The monoisotopic (exact) mass is 344 g/mol. The lowest BCUT2D eigenvalue weighted by molar-refractivity contribution is 0.0780. The molecule has 136 valence electrons. The van der Waals surface area contributed by atoms with Crippen LogP contribution in [0.5, 0.6) is 0 Å². The Bertz CT molecular complexity index is 723. The summed E-state index contributed by atoms with van der Waals surface area (Å²) >= 11 is 0. The van der Waals surface area contributed by atoms with E-state index in [-0.39, 0.29) is 17.6 Å². The second-order valence-corrected chi connectivity index (χ2v) is 6.28. The van der Waals surface area contributed by atoms with Crippen molar-refractivity contribution in [2.45, 2.75) is 46.0 Å². The zero-order chi connectivity index (χ0) is 18.2. The van der Waals surface area contributed by atoms with Gasteiger partial charge in [-0.25, -0.2) is 4.98 Å². The lowest BCUT2D eigenvalue weighted by Gasteiger charge is -2.15. The minimum Gasteiger partial charge on any atom is -0.351 e. The van der Waals surface area contributed by atoms with Crippen molar-refractivity contribution in [2.75, 3.05) is 20.1 Å². The van der Waals surface area contributed by atoms with Crippen molar-refractivity contribution in [1.29, 1.82) is 0 Å². The number of rotatable bonds is 9. The number of nitrogens with one attached hydrogen (secondary N) is 1. The highest BCUT2D eigenvalue weighted by Gasteiger charge is 2.23. The van der Waals surface area contributed by atoms with E-state index in [0.717, 1.165) is 32.1 Å². The molecule has 2 amide bonds. The highest BCUT2D eigenvalue weighted by molar-refractivity contribution is 6.02. The van der Waals surface area contributed by atoms with Crippen LogP contribution in [0, 0.1) is 0 Å². The van der Waals surface area contributed by atoms with Crippen molar-refractivity contribution in [3.63, 3.8) is 0 Å². The zero-order valence-electron chi connectivity index (χ0n) is 15.4. The number of hydrogen-bond donors (Lipinski definition) is 1. The quantitative estimate of drug-likeness (QED) is 0.711. The van der Waals surface area contributed by atoms with E-state index < -0.39 is 0 Å². The van der Waals surface area contributed by atoms with Gasteiger partial charge in [-0.15, -0.1) is 0 Å². The van der Waals surface area contributed by atoms with Gasteiger partial charge in [-0.2, -0.15) is 0 Å². The molecular weight excluding hydrogens is 316 g/mol. The van der Waals surface area contributed by atoms with E-state index in [0.29, 0.717) is 24.3 Å². The van der Waals surface area contributed by atoms with E-state index in [1.165, 1.54) is 0 Å². The maximum atomic E-state index is 12.7. The summed E-state index contributed by atoms with van der Waals surface area (Å²) in [7, 11) is 1.77. The minimum atomic E-state index is -0.227. The van der Waals surface area contributed by atoms with Gasteiger partial charge < -0.3 is 10.2 Å². The molecular formula is C19H28N4O2. The van der Waals surface area contributed by atoms with Gasteiger partial charge in [0.2, 0.25) is 5.82 Å². The Morgan fingerprint density at radius 2 is 1.92 bits per heavy atom. The SMILES string of the molecule is CCCCCNC(=O)c1nc(C(=O)N(C)CCCC)n2ccccc12. The summed E-state index contributed by atoms with van der Waals surface area (Å²) in [5.41, 5.74) is 0.965. The predicted molar refractivity (Wildman–Crippen MR) is 98.9 cm³/mol. The number of aromatic nitrogens is 2. The molecule has 0 aliphatic rings. The maximum absolute atomic E-state index is 12.7. The van der Waals surface area contributed by atoms with Crippen LogP contribution in [0.15, 0.2) is 24.4 Å². The maximum Gasteiger partial charge on any atom is 0.289 e. The lowest BCUT2D eigenvalue weighted by atomic mass is 10.2. The Morgan fingerprint density at radius 3 is 2.64 bits per heavy atom. The Kier molecular flexibility index (Phi) is 6.98. The van der Waals surface area contributed by atoms with Gasteiger partial charge in [-0.05, 0) is 25.0 Å². The molecule has 2 aromatic heterocycles. The normalized spacial score (nSPS) is 10.8. The third-order valence-corrected chi connectivity index (χ3v) is 4.21. The first-order valence-corrected chi connectivity index (χ1v) is 9.10. The molecule has 0 bridgehead atoms. The summed E-state index contributed by atoms with van der Waals surface area (Å²) in [4.78, 5) is 31.2. The van der Waals surface area contributed by atoms with Crippen LogP contribution in [0.1, 0.15) is 67.1 Å². The number of carbonyl (C=O) groups is 2. The van der Waals surface area contributed by atoms with Crippen LogP contribution in [0.2, 0.25) is 0 Å². The third kappa shape index (κ3) is 4.59. The fraction of sp³-hybridized carbons (Fsp3) is 0.526. The van der Waals surface area contributed by atoms with E-state index in [9.17, 15) is 9.59 Å². The van der Waals surface area contributed by atoms with Crippen molar-refractivity contribution < 1.29 is 9.59 Å². The Balaban J connectivity index is 2.24. The molecule has 2 heterocycles. The van der Waals surface area contributed by atoms with Gasteiger partial charge in [0.25, 0.3) is 11.8 Å². The number of fused-ring (bicyclic) bond motifs is 1. The predicted octanol–water partition coefficient (Wildman–Crippen LogP) is 3.13. The summed E-state index contributed by atoms with van der Waals surface area (Å²) in [5.74, 6) is -0.109. The molecule has 0 fully saturated rings. The van der Waals surface area contributed by atoms with E-state index >= 15 is 0 Å². The summed E-state index contributed by atoms with van der Waals surface area (Å²) in [6.07, 6.45) is 6.86.